The molecule has 2 aromatic carbocycles. The molecule has 0 radical (unpaired) electrons. The second-order valence-corrected chi connectivity index (χ2v) is 9.15. The number of hydrogen-bond acceptors (Lipinski definition) is 4. The molecule has 1 fully saturated rings. The summed E-state index contributed by atoms with van der Waals surface area (Å²) >= 11 is 0. The van der Waals surface area contributed by atoms with E-state index in [4.69, 9.17) is 0 Å². The van der Waals surface area contributed by atoms with Gasteiger partial charge in [-0.25, -0.2) is 14.1 Å². The van der Waals surface area contributed by atoms with E-state index in [1.165, 1.54) is 12.1 Å². The van der Waals surface area contributed by atoms with Gasteiger partial charge in [-0.15, -0.1) is 0 Å². The zero-order valence-corrected chi connectivity index (χ0v) is 18.8. The molecule has 1 N–H and O–H groups in total. The van der Waals surface area contributed by atoms with Crippen LogP contribution in [-0.4, -0.2) is 30.4 Å². The van der Waals surface area contributed by atoms with E-state index in [0.717, 1.165) is 22.6 Å². The minimum Gasteiger partial charge on any atom is -0.369 e. The minimum atomic E-state index is -0.840. The van der Waals surface area contributed by atoms with Crippen molar-refractivity contribution in [2.45, 2.75) is 45.6 Å². The lowest BCUT2D eigenvalue weighted by Gasteiger charge is -2.45. The van der Waals surface area contributed by atoms with Crippen LogP contribution in [0.4, 0.5) is 20.6 Å². The van der Waals surface area contributed by atoms with E-state index in [1.54, 1.807) is 37.3 Å². The largest absolute Gasteiger partial charge is 0.369 e. The Bertz CT molecular complexity index is 1180. The Balaban J connectivity index is 1.79. The minimum absolute atomic E-state index is 0.119. The third-order valence-corrected chi connectivity index (χ3v) is 6.51. The van der Waals surface area contributed by atoms with Gasteiger partial charge in [0, 0.05) is 23.8 Å². The molecule has 2 aliphatic heterocycles. The van der Waals surface area contributed by atoms with Crippen molar-refractivity contribution in [3.05, 3.63) is 64.5 Å². The number of aryl methyl sites for hydroxylation is 1. The first-order valence-electron chi connectivity index (χ1n) is 10.6. The smallest absolute Gasteiger partial charge is 0.335 e. The van der Waals surface area contributed by atoms with Crippen LogP contribution in [0.5, 0.6) is 0 Å². The number of halogens is 1. The number of hydrogen-bond donors (Lipinski definition) is 1. The number of amides is 4. The van der Waals surface area contributed by atoms with Crippen molar-refractivity contribution in [2.75, 3.05) is 16.8 Å². The van der Waals surface area contributed by atoms with Crippen LogP contribution >= 0.6 is 0 Å². The fourth-order valence-electron chi connectivity index (χ4n) is 4.56. The van der Waals surface area contributed by atoms with Crippen LogP contribution in [0.3, 0.4) is 0 Å². The monoisotopic (exact) mass is 435 g/mol. The van der Waals surface area contributed by atoms with Crippen LogP contribution < -0.4 is 15.1 Å². The van der Waals surface area contributed by atoms with Crippen molar-refractivity contribution in [3.63, 3.8) is 0 Å². The summed E-state index contributed by atoms with van der Waals surface area (Å²) in [5.74, 6) is -1.98. The first kappa shape index (κ1) is 21.7. The molecule has 1 atom stereocenters. The third-order valence-electron chi connectivity index (χ3n) is 6.51. The molecule has 0 aromatic heterocycles. The Labute approximate surface area is 186 Å². The summed E-state index contributed by atoms with van der Waals surface area (Å²) in [6.45, 7) is 8.07. The Morgan fingerprint density at radius 1 is 1.12 bits per heavy atom. The standard InChI is InChI=1S/C25H26FN3O3/c1-14-8-6-7-9-20(14)29-23(31)18(22(30)27-24(29)32)11-16-10-17-15(2)13-25(3,4)28(5)21(17)12-19(16)26/h6-12,15H,13H2,1-5H3,(H,27,30,32)/b18-11-. The summed E-state index contributed by atoms with van der Waals surface area (Å²) in [6.07, 6.45) is 2.12. The number of rotatable bonds is 2. The van der Waals surface area contributed by atoms with E-state index in [9.17, 15) is 14.4 Å². The van der Waals surface area contributed by atoms with Gasteiger partial charge in [0.1, 0.15) is 11.4 Å². The van der Waals surface area contributed by atoms with E-state index in [1.807, 2.05) is 7.05 Å². The van der Waals surface area contributed by atoms with Gasteiger partial charge in [0.05, 0.1) is 5.69 Å². The number of urea groups is 1. The number of imide groups is 2. The van der Waals surface area contributed by atoms with Crippen molar-refractivity contribution in [1.29, 1.82) is 0 Å². The Kier molecular flexibility index (Phi) is 5.15. The number of carbonyl (C=O) groups is 3. The molecule has 7 heteroatoms. The number of para-hydroxylation sites is 1. The van der Waals surface area contributed by atoms with Crippen LogP contribution in [-0.2, 0) is 9.59 Å². The maximum atomic E-state index is 15.1. The highest BCUT2D eigenvalue weighted by Crippen LogP contribution is 2.43. The number of anilines is 2. The summed E-state index contributed by atoms with van der Waals surface area (Å²) in [4.78, 5) is 41.1. The van der Waals surface area contributed by atoms with Gasteiger partial charge in [-0.1, -0.05) is 25.1 Å². The molecule has 0 bridgehead atoms. The normalized spacial score (nSPS) is 21.6. The summed E-state index contributed by atoms with van der Waals surface area (Å²) in [5.41, 5.74) is 2.55. The van der Waals surface area contributed by atoms with Gasteiger partial charge in [0.2, 0.25) is 0 Å². The van der Waals surface area contributed by atoms with Gasteiger partial charge in [-0.2, -0.15) is 0 Å². The summed E-state index contributed by atoms with van der Waals surface area (Å²) in [5, 5.41) is 2.19. The highest BCUT2D eigenvalue weighted by atomic mass is 19.1. The number of benzene rings is 2. The summed E-state index contributed by atoms with van der Waals surface area (Å²) in [6, 6.07) is 9.20. The van der Waals surface area contributed by atoms with Crippen LogP contribution in [0.25, 0.3) is 6.08 Å². The first-order chi connectivity index (χ1) is 15.0. The lowest BCUT2D eigenvalue weighted by molar-refractivity contribution is -0.122. The Hall–Kier alpha value is -3.48. The van der Waals surface area contributed by atoms with E-state index in [-0.39, 0.29) is 22.6 Å². The van der Waals surface area contributed by atoms with E-state index < -0.39 is 23.7 Å². The molecular weight excluding hydrogens is 409 g/mol. The van der Waals surface area contributed by atoms with Crippen LogP contribution in [0.15, 0.2) is 42.0 Å². The van der Waals surface area contributed by atoms with Crippen LogP contribution in [0.1, 0.15) is 49.8 Å². The van der Waals surface area contributed by atoms with Gasteiger partial charge >= 0.3 is 6.03 Å². The molecule has 6 nitrogen and oxygen atoms in total. The van der Waals surface area contributed by atoms with Gasteiger partial charge in [-0.05, 0) is 68.5 Å². The number of nitrogens with zero attached hydrogens (tertiary/aromatic N) is 2. The number of fused-ring (bicyclic) bond motifs is 1. The van der Waals surface area contributed by atoms with Crippen molar-refractivity contribution in [1.82, 2.24) is 5.32 Å². The molecule has 166 valence electrons. The first-order valence-corrected chi connectivity index (χ1v) is 10.6. The quantitative estimate of drug-likeness (QED) is 0.556. The van der Waals surface area contributed by atoms with E-state index >= 15 is 4.39 Å². The molecule has 32 heavy (non-hydrogen) atoms. The highest BCUT2D eigenvalue weighted by Gasteiger charge is 2.38. The molecule has 0 saturated carbocycles. The zero-order valence-electron chi connectivity index (χ0n) is 18.8. The molecular formula is C25H26FN3O3. The molecule has 0 aliphatic carbocycles. The second-order valence-electron chi connectivity index (χ2n) is 9.15. The molecule has 4 amide bonds. The molecule has 0 spiro atoms. The predicted octanol–water partition coefficient (Wildman–Crippen LogP) is 4.52. The SMILES string of the molecule is Cc1ccccc1N1C(=O)NC(=O)/C(=C/c2cc3c(cc2F)N(C)C(C)(C)CC3C)C1=O. The van der Waals surface area contributed by atoms with Crippen molar-refractivity contribution < 1.29 is 18.8 Å². The lowest BCUT2D eigenvalue weighted by Crippen LogP contribution is -2.54. The fourth-order valence-corrected chi connectivity index (χ4v) is 4.56. The average Bonchev–Trinajstić information content (AvgIpc) is 2.71. The number of carbonyl (C=O) groups excluding carboxylic acids is 3. The Morgan fingerprint density at radius 3 is 2.50 bits per heavy atom. The molecule has 2 heterocycles. The van der Waals surface area contributed by atoms with Crippen molar-refractivity contribution in [3.8, 4) is 0 Å². The van der Waals surface area contributed by atoms with Gasteiger partial charge in [0.15, 0.2) is 0 Å². The lowest BCUT2D eigenvalue weighted by atomic mass is 9.80. The fraction of sp³-hybridized carbons (Fsp3) is 0.320. The maximum Gasteiger partial charge on any atom is 0.335 e. The predicted molar refractivity (Wildman–Crippen MR) is 122 cm³/mol. The van der Waals surface area contributed by atoms with Crippen LogP contribution in [0, 0.1) is 12.7 Å². The number of nitrogens with one attached hydrogen (secondary N) is 1. The van der Waals surface area contributed by atoms with E-state index in [2.05, 4.69) is 31.0 Å². The van der Waals surface area contributed by atoms with Crippen LogP contribution in [0.2, 0.25) is 0 Å². The summed E-state index contributed by atoms with van der Waals surface area (Å²) in [7, 11) is 1.94. The zero-order chi connectivity index (χ0) is 23.4. The molecule has 2 aliphatic rings. The molecule has 2 aromatic rings. The second kappa shape index (κ2) is 7.58. The number of barbiturate groups is 1. The van der Waals surface area contributed by atoms with Gasteiger partial charge < -0.3 is 4.90 Å². The van der Waals surface area contributed by atoms with Gasteiger partial charge in [-0.3, -0.25) is 14.9 Å². The molecule has 1 unspecified atom stereocenters. The molecule has 1 saturated heterocycles. The Morgan fingerprint density at radius 2 is 1.81 bits per heavy atom. The van der Waals surface area contributed by atoms with Crippen molar-refractivity contribution in [2.24, 2.45) is 0 Å². The summed E-state index contributed by atoms with van der Waals surface area (Å²) < 4.78 is 15.1. The highest BCUT2D eigenvalue weighted by molar-refractivity contribution is 6.39. The topological polar surface area (TPSA) is 69.7 Å². The third kappa shape index (κ3) is 3.47. The van der Waals surface area contributed by atoms with Crippen molar-refractivity contribution >= 4 is 35.3 Å². The van der Waals surface area contributed by atoms with Gasteiger partial charge in [0.25, 0.3) is 11.8 Å². The maximum absolute atomic E-state index is 15.1. The van der Waals surface area contributed by atoms with E-state index in [0.29, 0.717) is 11.3 Å². The molecule has 4 rings (SSSR count). The average molecular weight is 435 g/mol.